The second-order valence-electron chi connectivity index (χ2n) is 4.14. The second kappa shape index (κ2) is 6.29. The maximum atomic E-state index is 13.7. The van der Waals surface area contributed by atoms with Gasteiger partial charge in [-0.05, 0) is 12.1 Å². The van der Waals surface area contributed by atoms with Gasteiger partial charge < -0.3 is 14.6 Å². The fourth-order valence-corrected chi connectivity index (χ4v) is 1.80. The predicted molar refractivity (Wildman–Crippen MR) is 70.6 cm³/mol. The molecule has 0 spiro atoms. The number of para-hydroxylation sites is 1. The molecule has 6 heteroatoms. The summed E-state index contributed by atoms with van der Waals surface area (Å²) in [5, 5.41) is 9.46. The summed E-state index contributed by atoms with van der Waals surface area (Å²) >= 11 is 0. The summed E-state index contributed by atoms with van der Waals surface area (Å²) in [6, 6.07) is 5.71. The van der Waals surface area contributed by atoms with E-state index in [0.29, 0.717) is 30.8 Å². The highest BCUT2D eigenvalue weighted by atomic mass is 19.1. The molecule has 2 rings (SSSR count). The molecule has 20 heavy (non-hydrogen) atoms. The number of carboxylic acid groups (broad SMARTS) is 1. The number of ether oxygens (including phenoxy) is 2. The molecular formula is C14H14FNO4. The molecule has 1 aromatic carbocycles. The van der Waals surface area contributed by atoms with Crippen molar-refractivity contribution in [3.05, 3.63) is 35.8 Å². The minimum atomic E-state index is -1.23. The van der Waals surface area contributed by atoms with Gasteiger partial charge in [0.05, 0.1) is 6.61 Å². The van der Waals surface area contributed by atoms with E-state index in [2.05, 4.69) is 4.98 Å². The van der Waals surface area contributed by atoms with Crippen molar-refractivity contribution >= 4 is 16.9 Å². The Balaban J connectivity index is 2.40. The number of pyridine rings is 1. The van der Waals surface area contributed by atoms with Crippen molar-refractivity contribution in [3.63, 3.8) is 0 Å². The first-order valence-electron chi connectivity index (χ1n) is 6.08. The van der Waals surface area contributed by atoms with E-state index >= 15 is 0 Å². The zero-order valence-electron chi connectivity index (χ0n) is 10.9. The Morgan fingerprint density at radius 1 is 1.40 bits per heavy atom. The maximum absolute atomic E-state index is 13.7. The van der Waals surface area contributed by atoms with E-state index in [1.54, 1.807) is 13.2 Å². The molecule has 0 saturated carbocycles. The van der Waals surface area contributed by atoms with Crippen molar-refractivity contribution in [3.8, 4) is 5.75 Å². The summed E-state index contributed by atoms with van der Waals surface area (Å²) < 4.78 is 24.1. The van der Waals surface area contributed by atoms with Gasteiger partial charge in [-0.15, -0.1) is 0 Å². The number of rotatable bonds is 6. The van der Waals surface area contributed by atoms with Crippen LogP contribution in [0, 0.1) is 5.82 Å². The van der Waals surface area contributed by atoms with Gasteiger partial charge >= 0.3 is 5.97 Å². The van der Waals surface area contributed by atoms with E-state index < -0.39 is 11.8 Å². The number of methoxy groups -OCH3 is 1. The van der Waals surface area contributed by atoms with E-state index in [9.17, 15) is 9.18 Å². The first-order chi connectivity index (χ1) is 9.63. The lowest BCUT2D eigenvalue weighted by molar-refractivity contribution is 0.0690. The minimum absolute atomic E-state index is 0.00542. The van der Waals surface area contributed by atoms with Gasteiger partial charge in [-0.1, -0.05) is 6.07 Å². The Morgan fingerprint density at radius 2 is 2.20 bits per heavy atom. The summed E-state index contributed by atoms with van der Waals surface area (Å²) in [5.41, 5.74) is -0.251. The number of aromatic nitrogens is 1. The van der Waals surface area contributed by atoms with E-state index in [1.165, 1.54) is 18.2 Å². The summed E-state index contributed by atoms with van der Waals surface area (Å²) in [7, 11) is 1.58. The average molecular weight is 279 g/mol. The SMILES string of the molecule is COCCCOc1cc(C(=O)O)nc2c(F)cccc12. The Kier molecular flexibility index (Phi) is 4.47. The minimum Gasteiger partial charge on any atom is -0.493 e. The molecule has 0 aliphatic rings. The average Bonchev–Trinajstić information content (AvgIpc) is 2.44. The van der Waals surface area contributed by atoms with Gasteiger partial charge in [0.15, 0.2) is 5.69 Å². The number of benzene rings is 1. The van der Waals surface area contributed by atoms with Crippen molar-refractivity contribution in [2.45, 2.75) is 6.42 Å². The molecule has 5 nitrogen and oxygen atoms in total. The fraction of sp³-hybridized carbons (Fsp3) is 0.286. The van der Waals surface area contributed by atoms with Gasteiger partial charge in [-0.2, -0.15) is 0 Å². The molecule has 0 aliphatic heterocycles. The molecule has 1 aromatic heterocycles. The molecule has 0 aliphatic carbocycles. The van der Waals surface area contributed by atoms with E-state index in [-0.39, 0.29) is 11.2 Å². The molecule has 0 bridgehead atoms. The second-order valence-corrected chi connectivity index (χ2v) is 4.14. The van der Waals surface area contributed by atoms with Crippen molar-refractivity contribution in [1.82, 2.24) is 4.98 Å². The van der Waals surface area contributed by atoms with Crippen LogP contribution in [0.25, 0.3) is 10.9 Å². The van der Waals surface area contributed by atoms with Crippen LogP contribution in [-0.2, 0) is 4.74 Å². The van der Waals surface area contributed by atoms with E-state index in [1.807, 2.05) is 0 Å². The summed E-state index contributed by atoms with van der Waals surface area (Å²) in [4.78, 5) is 14.8. The third-order valence-electron chi connectivity index (χ3n) is 2.72. The third kappa shape index (κ3) is 3.03. The molecule has 106 valence electrons. The Morgan fingerprint density at radius 3 is 2.90 bits per heavy atom. The van der Waals surface area contributed by atoms with Crippen LogP contribution in [0.3, 0.4) is 0 Å². The van der Waals surface area contributed by atoms with E-state index in [4.69, 9.17) is 14.6 Å². The van der Waals surface area contributed by atoms with Crippen molar-refractivity contribution in [1.29, 1.82) is 0 Å². The summed E-state index contributed by atoms with van der Waals surface area (Å²) in [6.45, 7) is 0.881. The van der Waals surface area contributed by atoms with Crippen molar-refractivity contribution in [2.24, 2.45) is 0 Å². The molecule has 0 atom stereocenters. The van der Waals surface area contributed by atoms with Crippen LogP contribution < -0.4 is 4.74 Å². The topological polar surface area (TPSA) is 68.7 Å². The van der Waals surface area contributed by atoms with Crippen LogP contribution in [0.1, 0.15) is 16.9 Å². The molecule has 2 aromatic rings. The lowest BCUT2D eigenvalue weighted by Gasteiger charge is -2.10. The third-order valence-corrected chi connectivity index (χ3v) is 2.72. The Labute approximate surface area is 115 Å². The number of nitrogens with zero attached hydrogens (tertiary/aromatic N) is 1. The first-order valence-corrected chi connectivity index (χ1v) is 6.08. The summed E-state index contributed by atoms with van der Waals surface area (Å²) in [5.74, 6) is -1.49. The highest BCUT2D eigenvalue weighted by molar-refractivity contribution is 5.93. The number of aromatic carboxylic acids is 1. The highest BCUT2D eigenvalue weighted by Gasteiger charge is 2.14. The normalized spacial score (nSPS) is 10.7. The van der Waals surface area contributed by atoms with Crippen LogP contribution in [-0.4, -0.2) is 36.4 Å². The number of carbonyl (C=O) groups is 1. The molecule has 0 amide bonds. The lowest BCUT2D eigenvalue weighted by Crippen LogP contribution is -2.06. The first kappa shape index (κ1) is 14.2. The van der Waals surface area contributed by atoms with Gasteiger partial charge in [0.25, 0.3) is 0 Å². The van der Waals surface area contributed by atoms with Gasteiger partial charge in [0.1, 0.15) is 17.1 Å². The highest BCUT2D eigenvalue weighted by Crippen LogP contribution is 2.27. The molecule has 0 radical (unpaired) electrons. The largest absolute Gasteiger partial charge is 0.493 e. The van der Waals surface area contributed by atoms with Crippen LogP contribution in [0.4, 0.5) is 4.39 Å². The number of hydrogen-bond acceptors (Lipinski definition) is 4. The number of carboxylic acids is 1. The zero-order chi connectivity index (χ0) is 14.5. The monoisotopic (exact) mass is 279 g/mol. The van der Waals surface area contributed by atoms with Crippen LogP contribution >= 0.6 is 0 Å². The van der Waals surface area contributed by atoms with Crippen LogP contribution in [0.2, 0.25) is 0 Å². The number of hydrogen-bond donors (Lipinski definition) is 1. The maximum Gasteiger partial charge on any atom is 0.354 e. The predicted octanol–water partition coefficient (Wildman–Crippen LogP) is 2.49. The Bertz CT molecular complexity index is 630. The van der Waals surface area contributed by atoms with Crippen molar-refractivity contribution < 1.29 is 23.8 Å². The zero-order valence-corrected chi connectivity index (χ0v) is 10.9. The number of halogens is 1. The standard InChI is InChI=1S/C14H14FNO4/c1-19-6-3-7-20-12-8-11(14(17)18)16-13-9(12)4-2-5-10(13)15/h2,4-5,8H,3,6-7H2,1H3,(H,17,18). The summed E-state index contributed by atoms with van der Waals surface area (Å²) in [6.07, 6.45) is 0.651. The molecule has 1 heterocycles. The molecule has 0 saturated heterocycles. The van der Waals surface area contributed by atoms with Gasteiger partial charge in [-0.25, -0.2) is 14.2 Å². The van der Waals surface area contributed by atoms with Crippen LogP contribution in [0.15, 0.2) is 24.3 Å². The molecular weight excluding hydrogens is 265 g/mol. The van der Waals surface area contributed by atoms with Gasteiger partial charge in [0, 0.05) is 31.6 Å². The van der Waals surface area contributed by atoms with Crippen molar-refractivity contribution in [2.75, 3.05) is 20.3 Å². The fourth-order valence-electron chi connectivity index (χ4n) is 1.80. The van der Waals surface area contributed by atoms with Gasteiger partial charge in [-0.3, -0.25) is 0 Å². The molecule has 0 fully saturated rings. The van der Waals surface area contributed by atoms with Gasteiger partial charge in [0.2, 0.25) is 0 Å². The van der Waals surface area contributed by atoms with Crippen LogP contribution in [0.5, 0.6) is 5.75 Å². The smallest absolute Gasteiger partial charge is 0.354 e. The Hall–Kier alpha value is -2.21. The number of fused-ring (bicyclic) bond motifs is 1. The molecule has 0 unspecified atom stereocenters. The lowest BCUT2D eigenvalue weighted by atomic mass is 10.1. The molecule has 1 N–H and O–H groups in total. The van der Waals surface area contributed by atoms with E-state index in [0.717, 1.165) is 0 Å². The quantitative estimate of drug-likeness (QED) is 0.823.